The average molecular weight is 193 g/mol. The summed E-state index contributed by atoms with van der Waals surface area (Å²) in [5.41, 5.74) is 1.15. The van der Waals surface area contributed by atoms with Gasteiger partial charge in [0.1, 0.15) is 0 Å². The molecule has 0 aromatic rings. The number of allylic oxidation sites excluding steroid dienone is 1. The Balaban J connectivity index is 2.03. The summed E-state index contributed by atoms with van der Waals surface area (Å²) in [6.07, 6.45) is 9.88. The first-order valence-corrected chi connectivity index (χ1v) is 5.14. The van der Waals surface area contributed by atoms with Crippen molar-refractivity contribution >= 4 is 5.97 Å². The van der Waals surface area contributed by atoms with Crippen LogP contribution in [0.2, 0.25) is 0 Å². The van der Waals surface area contributed by atoms with Crippen molar-refractivity contribution in [2.45, 2.75) is 31.7 Å². The fourth-order valence-corrected chi connectivity index (χ4v) is 2.38. The second kappa shape index (κ2) is 3.86. The molecule has 2 rings (SSSR count). The maximum absolute atomic E-state index is 10.4. The van der Waals surface area contributed by atoms with Crippen LogP contribution in [0.5, 0.6) is 0 Å². The maximum Gasteiger partial charge on any atom is 0.328 e. The summed E-state index contributed by atoms with van der Waals surface area (Å²) in [5, 5.41) is 11.9. The highest BCUT2D eigenvalue weighted by Gasteiger charge is 2.30. The fraction of sp³-hybridized carbons (Fsp3) is 0.545. The van der Waals surface area contributed by atoms with Gasteiger partial charge in [-0.25, -0.2) is 4.79 Å². The predicted octanol–water partition coefficient (Wildman–Crippen LogP) is 1.67. The molecule has 1 aliphatic carbocycles. The molecule has 2 N–H and O–H groups in total. The van der Waals surface area contributed by atoms with E-state index >= 15 is 0 Å². The minimum absolute atomic E-state index is 0.541. The van der Waals surface area contributed by atoms with Crippen LogP contribution >= 0.6 is 0 Å². The van der Waals surface area contributed by atoms with Gasteiger partial charge in [-0.3, -0.25) is 0 Å². The molecule has 0 aromatic heterocycles. The second-order valence-electron chi connectivity index (χ2n) is 3.98. The molecule has 0 amide bonds. The Hall–Kier alpha value is -1.25. The number of carbonyl (C=O) groups is 1. The van der Waals surface area contributed by atoms with Crippen molar-refractivity contribution < 1.29 is 9.90 Å². The zero-order valence-corrected chi connectivity index (χ0v) is 8.07. The Kier molecular flexibility index (Phi) is 2.57. The molecule has 76 valence electrons. The van der Waals surface area contributed by atoms with E-state index in [0.717, 1.165) is 5.57 Å². The molecule has 1 aliphatic heterocycles. The van der Waals surface area contributed by atoms with Crippen molar-refractivity contribution in [3.63, 3.8) is 0 Å². The molecule has 0 spiro atoms. The molecule has 3 nitrogen and oxygen atoms in total. The van der Waals surface area contributed by atoms with Crippen LogP contribution in [-0.4, -0.2) is 17.1 Å². The Bertz CT molecular complexity index is 294. The van der Waals surface area contributed by atoms with Crippen molar-refractivity contribution in [1.29, 1.82) is 0 Å². The summed E-state index contributed by atoms with van der Waals surface area (Å²) in [6.45, 7) is 0. The van der Waals surface area contributed by atoms with Gasteiger partial charge in [0, 0.05) is 24.2 Å². The van der Waals surface area contributed by atoms with Gasteiger partial charge in [-0.2, -0.15) is 0 Å². The minimum atomic E-state index is -0.870. The quantitative estimate of drug-likeness (QED) is 0.656. The van der Waals surface area contributed by atoms with Gasteiger partial charge in [-0.15, -0.1) is 0 Å². The summed E-state index contributed by atoms with van der Waals surface area (Å²) in [5.74, 6) is -0.329. The molecule has 0 bridgehead atoms. The number of hydrogen-bond acceptors (Lipinski definition) is 2. The SMILES string of the molecule is O=C(O)C=CC1=CNC2CCCCC12. The first-order valence-electron chi connectivity index (χ1n) is 5.14. The van der Waals surface area contributed by atoms with Crippen LogP contribution in [0.3, 0.4) is 0 Å². The predicted molar refractivity (Wildman–Crippen MR) is 53.7 cm³/mol. The fourth-order valence-electron chi connectivity index (χ4n) is 2.38. The van der Waals surface area contributed by atoms with Crippen LogP contribution in [0.25, 0.3) is 0 Å². The van der Waals surface area contributed by atoms with Crippen molar-refractivity contribution in [3.8, 4) is 0 Å². The van der Waals surface area contributed by atoms with E-state index in [-0.39, 0.29) is 0 Å². The topological polar surface area (TPSA) is 49.3 Å². The largest absolute Gasteiger partial charge is 0.478 e. The summed E-state index contributed by atoms with van der Waals surface area (Å²) in [6, 6.07) is 0.553. The van der Waals surface area contributed by atoms with Crippen LogP contribution in [0.15, 0.2) is 23.9 Å². The molecular formula is C11H15NO2. The maximum atomic E-state index is 10.4. The third-order valence-corrected chi connectivity index (χ3v) is 3.08. The molecule has 3 heteroatoms. The summed E-state index contributed by atoms with van der Waals surface area (Å²) in [4.78, 5) is 10.4. The lowest BCUT2D eigenvalue weighted by Gasteiger charge is -2.26. The van der Waals surface area contributed by atoms with Gasteiger partial charge in [0.05, 0.1) is 0 Å². The van der Waals surface area contributed by atoms with Crippen molar-refractivity contribution in [1.82, 2.24) is 5.32 Å². The molecule has 1 heterocycles. The number of carboxylic acid groups (broad SMARTS) is 1. The molecule has 2 aliphatic rings. The lowest BCUT2D eigenvalue weighted by Crippen LogP contribution is -2.30. The van der Waals surface area contributed by atoms with Gasteiger partial charge in [0.15, 0.2) is 0 Å². The number of hydrogen-bond donors (Lipinski definition) is 2. The van der Waals surface area contributed by atoms with Gasteiger partial charge in [0.25, 0.3) is 0 Å². The highest BCUT2D eigenvalue weighted by atomic mass is 16.4. The standard InChI is InChI=1S/C11H15NO2/c13-11(14)6-5-8-7-12-10-4-2-1-3-9(8)10/h5-7,9-10,12H,1-4H2,(H,13,14). The number of nitrogens with one attached hydrogen (secondary N) is 1. The zero-order valence-electron chi connectivity index (χ0n) is 8.07. The summed E-state index contributed by atoms with van der Waals surface area (Å²) in [7, 11) is 0. The third kappa shape index (κ3) is 1.81. The summed E-state index contributed by atoms with van der Waals surface area (Å²) >= 11 is 0. The van der Waals surface area contributed by atoms with Gasteiger partial charge in [0.2, 0.25) is 0 Å². The van der Waals surface area contributed by atoms with Gasteiger partial charge in [-0.05, 0) is 18.4 Å². The molecule has 14 heavy (non-hydrogen) atoms. The monoisotopic (exact) mass is 193 g/mol. The number of aliphatic carboxylic acids is 1. The molecule has 1 fully saturated rings. The first-order chi connectivity index (χ1) is 6.77. The smallest absolute Gasteiger partial charge is 0.328 e. The van der Waals surface area contributed by atoms with Gasteiger partial charge < -0.3 is 10.4 Å². The highest BCUT2D eigenvalue weighted by Crippen LogP contribution is 2.34. The van der Waals surface area contributed by atoms with Crippen LogP contribution in [0.1, 0.15) is 25.7 Å². The second-order valence-corrected chi connectivity index (χ2v) is 3.98. The molecule has 1 saturated carbocycles. The van der Waals surface area contributed by atoms with E-state index in [2.05, 4.69) is 5.32 Å². The van der Waals surface area contributed by atoms with Gasteiger partial charge in [-0.1, -0.05) is 18.9 Å². The summed E-state index contributed by atoms with van der Waals surface area (Å²) < 4.78 is 0. The molecular weight excluding hydrogens is 178 g/mol. The lowest BCUT2D eigenvalue weighted by atomic mass is 9.82. The highest BCUT2D eigenvalue weighted by molar-refractivity contribution is 5.80. The van der Waals surface area contributed by atoms with Crippen LogP contribution in [0, 0.1) is 5.92 Å². The van der Waals surface area contributed by atoms with E-state index in [1.807, 2.05) is 6.20 Å². The average Bonchev–Trinajstić information content (AvgIpc) is 2.58. The molecule has 0 radical (unpaired) electrons. The van der Waals surface area contributed by atoms with E-state index in [1.54, 1.807) is 6.08 Å². The first kappa shape index (κ1) is 9.31. The number of rotatable bonds is 2. The zero-order chi connectivity index (χ0) is 9.97. The van der Waals surface area contributed by atoms with E-state index in [0.29, 0.717) is 12.0 Å². The molecule has 0 aromatic carbocycles. The Morgan fingerprint density at radius 1 is 1.50 bits per heavy atom. The van der Waals surface area contributed by atoms with Crippen molar-refractivity contribution in [2.75, 3.05) is 0 Å². The Morgan fingerprint density at radius 2 is 2.29 bits per heavy atom. The van der Waals surface area contributed by atoms with E-state index in [1.165, 1.54) is 31.8 Å². The molecule has 2 unspecified atom stereocenters. The molecule has 2 atom stereocenters. The van der Waals surface area contributed by atoms with Crippen LogP contribution < -0.4 is 5.32 Å². The minimum Gasteiger partial charge on any atom is -0.478 e. The number of fused-ring (bicyclic) bond motifs is 1. The number of carboxylic acids is 1. The van der Waals surface area contributed by atoms with Crippen LogP contribution in [-0.2, 0) is 4.79 Å². The Labute approximate surface area is 83.5 Å². The van der Waals surface area contributed by atoms with Crippen molar-refractivity contribution in [3.05, 3.63) is 23.9 Å². The van der Waals surface area contributed by atoms with Crippen LogP contribution in [0.4, 0.5) is 0 Å². The molecule has 0 saturated heterocycles. The van der Waals surface area contributed by atoms with E-state index < -0.39 is 5.97 Å². The van der Waals surface area contributed by atoms with Crippen molar-refractivity contribution in [2.24, 2.45) is 5.92 Å². The Morgan fingerprint density at radius 3 is 3.07 bits per heavy atom. The lowest BCUT2D eigenvalue weighted by molar-refractivity contribution is -0.131. The van der Waals surface area contributed by atoms with E-state index in [9.17, 15) is 4.79 Å². The van der Waals surface area contributed by atoms with E-state index in [4.69, 9.17) is 5.11 Å². The normalized spacial score (nSPS) is 31.0. The third-order valence-electron chi connectivity index (χ3n) is 3.08. The van der Waals surface area contributed by atoms with Gasteiger partial charge >= 0.3 is 5.97 Å².